The summed E-state index contributed by atoms with van der Waals surface area (Å²) in [4.78, 5) is 9.92. The molecule has 126 valence electrons. The van der Waals surface area contributed by atoms with Crippen molar-refractivity contribution in [1.29, 1.82) is 0 Å². The number of rotatable bonds is 3. The van der Waals surface area contributed by atoms with Gasteiger partial charge < -0.3 is 15.0 Å². The maximum absolute atomic E-state index is 6.03. The van der Waals surface area contributed by atoms with Crippen molar-refractivity contribution >= 4 is 5.96 Å². The Morgan fingerprint density at radius 2 is 2.09 bits per heavy atom. The van der Waals surface area contributed by atoms with E-state index in [-0.39, 0.29) is 6.10 Å². The van der Waals surface area contributed by atoms with Crippen LogP contribution in [0.25, 0.3) is 0 Å². The summed E-state index contributed by atoms with van der Waals surface area (Å²) in [5.41, 5.74) is 0. The van der Waals surface area contributed by atoms with Gasteiger partial charge in [-0.3, -0.25) is 9.89 Å². The number of hydrogen-bond acceptors (Lipinski definition) is 3. The molecule has 0 aromatic rings. The molecular weight excluding hydrogens is 276 g/mol. The molecule has 5 heteroatoms. The third-order valence-electron chi connectivity index (χ3n) is 5.20. The van der Waals surface area contributed by atoms with E-state index < -0.39 is 0 Å². The number of nitrogens with zero attached hydrogens (tertiary/aromatic N) is 3. The van der Waals surface area contributed by atoms with Gasteiger partial charge in [0.2, 0.25) is 0 Å². The van der Waals surface area contributed by atoms with Crippen molar-refractivity contribution in [2.45, 2.75) is 51.7 Å². The van der Waals surface area contributed by atoms with Crippen LogP contribution in [0.15, 0.2) is 4.99 Å². The number of ether oxygens (including phenoxy) is 1. The molecule has 3 atom stereocenters. The fourth-order valence-electron chi connectivity index (χ4n) is 3.99. The quantitative estimate of drug-likeness (QED) is 0.634. The van der Waals surface area contributed by atoms with Crippen LogP contribution in [0.1, 0.15) is 39.5 Å². The first kappa shape index (κ1) is 16.1. The third-order valence-corrected chi connectivity index (χ3v) is 5.20. The topological polar surface area (TPSA) is 40.1 Å². The molecule has 0 spiro atoms. The highest BCUT2D eigenvalue weighted by Crippen LogP contribution is 2.22. The van der Waals surface area contributed by atoms with Gasteiger partial charge in [-0.15, -0.1) is 0 Å². The average molecular weight is 308 g/mol. The average Bonchev–Trinajstić information content (AvgIpc) is 2.99. The first-order valence-corrected chi connectivity index (χ1v) is 9.15. The number of aliphatic imine (C=N–C) groups is 1. The first-order valence-electron chi connectivity index (χ1n) is 9.15. The molecule has 0 aliphatic carbocycles. The maximum Gasteiger partial charge on any atom is 0.194 e. The van der Waals surface area contributed by atoms with Crippen molar-refractivity contribution in [3.05, 3.63) is 0 Å². The summed E-state index contributed by atoms with van der Waals surface area (Å²) in [5, 5.41) is 3.47. The minimum Gasteiger partial charge on any atom is -0.373 e. The standard InChI is InChI=1S/C17H32N4O/c1-3-18-17(21-9-4-6-14(2)11-21)19-10-16-12-20-8-5-7-15(20)13-22-16/h14-16H,3-13H2,1-2H3,(H,18,19). The number of fused-ring (bicyclic) bond motifs is 1. The zero-order chi connectivity index (χ0) is 15.4. The number of guanidine groups is 1. The van der Waals surface area contributed by atoms with Crippen molar-refractivity contribution in [2.75, 3.05) is 45.9 Å². The lowest BCUT2D eigenvalue weighted by Gasteiger charge is -2.36. The van der Waals surface area contributed by atoms with Crippen molar-refractivity contribution in [2.24, 2.45) is 10.9 Å². The summed E-state index contributed by atoms with van der Waals surface area (Å²) in [5.74, 6) is 1.86. The van der Waals surface area contributed by atoms with Gasteiger partial charge in [-0.25, -0.2) is 0 Å². The van der Waals surface area contributed by atoms with Crippen LogP contribution in [0.5, 0.6) is 0 Å². The van der Waals surface area contributed by atoms with Crippen molar-refractivity contribution < 1.29 is 4.74 Å². The second-order valence-electron chi connectivity index (χ2n) is 7.13. The molecule has 22 heavy (non-hydrogen) atoms. The van der Waals surface area contributed by atoms with E-state index in [2.05, 4.69) is 29.0 Å². The molecule has 3 rings (SSSR count). The number of hydrogen-bond donors (Lipinski definition) is 1. The summed E-state index contributed by atoms with van der Waals surface area (Å²) in [6.45, 7) is 11.7. The molecule has 1 N–H and O–H groups in total. The Labute approximate surface area is 135 Å². The Bertz CT molecular complexity index is 387. The monoisotopic (exact) mass is 308 g/mol. The molecule has 0 radical (unpaired) electrons. The van der Waals surface area contributed by atoms with E-state index in [0.717, 1.165) is 51.2 Å². The van der Waals surface area contributed by atoms with E-state index >= 15 is 0 Å². The molecular formula is C17H32N4O. The molecule has 3 fully saturated rings. The molecule has 0 aromatic carbocycles. The van der Waals surface area contributed by atoms with Crippen LogP contribution >= 0.6 is 0 Å². The van der Waals surface area contributed by atoms with Crippen LogP contribution in [0.3, 0.4) is 0 Å². The van der Waals surface area contributed by atoms with Gasteiger partial charge in [0.1, 0.15) is 0 Å². The smallest absolute Gasteiger partial charge is 0.194 e. The first-order chi connectivity index (χ1) is 10.8. The summed E-state index contributed by atoms with van der Waals surface area (Å²) < 4.78 is 6.03. The van der Waals surface area contributed by atoms with Gasteiger partial charge in [-0.1, -0.05) is 6.92 Å². The fourth-order valence-corrected chi connectivity index (χ4v) is 3.99. The summed E-state index contributed by atoms with van der Waals surface area (Å²) >= 11 is 0. The summed E-state index contributed by atoms with van der Waals surface area (Å²) in [6, 6.07) is 0.677. The van der Waals surface area contributed by atoms with Gasteiger partial charge in [0.05, 0.1) is 19.3 Å². The van der Waals surface area contributed by atoms with E-state index in [4.69, 9.17) is 9.73 Å². The number of morpholine rings is 1. The molecule has 0 bridgehead atoms. The Hall–Kier alpha value is -0.810. The van der Waals surface area contributed by atoms with Gasteiger partial charge in [-0.2, -0.15) is 0 Å². The lowest BCUT2D eigenvalue weighted by molar-refractivity contribution is -0.0433. The number of piperidine rings is 1. The van der Waals surface area contributed by atoms with Gasteiger partial charge in [0.15, 0.2) is 5.96 Å². The van der Waals surface area contributed by atoms with Gasteiger partial charge in [0, 0.05) is 32.2 Å². The van der Waals surface area contributed by atoms with Crippen LogP contribution in [0.2, 0.25) is 0 Å². The third kappa shape index (κ3) is 3.93. The lowest BCUT2D eigenvalue weighted by Crippen LogP contribution is -2.49. The van der Waals surface area contributed by atoms with Crippen LogP contribution in [-0.4, -0.2) is 73.8 Å². The number of likely N-dealkylation sites (tertiary alicyclic amines) is 1. The van der Waals surface area contributed by atoms with E-state index in [9.17, 15) is 0 Å². The largest absolute Gasteiger partial charge is 0.373 e. The predicted octanol–water partition coefficient (Wildman–Crippen LogP) is 1.55. The van der Waals surface area contributed by atoms with E-state index in [1.165, 1.54) is 32.2 Å². The van der Waals surface area contributed by atoms with Crippen LogP contribution < -0.4 is 5.32 Å². The molecule has 0 aromatic heterocycles. The van der Waals surface area contributed by atoms with Crippen molar-refractivity contribution in [3.8, 4) is 0 Å². The van der Waals surface area contributed by atoms with Crippen molar-refractivity contribution in [1.82, 2.24) is 15.1 Å². The SMILES string of the molecule is CCNC(=NCC1CN2CCCC2CO1)N1CCCC(C)C1. The summed E-state index contributed by atoms with van der Waals surface area (Å²) in [7, 11) is 0. The molecule has 3 saturated heterocycles. The lowest BCUT2D eigenvalue weighted by atomic mass is 10.0. The predicted molar refractivity (Wildman–Crippen MR) is 90.3 cm³/mol. The highest BCUT2D eigenvalue weighted by molar-refractivity contribution is 5.80. The second kappa shape index (κ2) is 7.64. The maximum atomic E-state index is 6.03. The van der Waals surface area contributed by atoms with Crippen LogP contribution in [-0.2, 0) is 4.74 Å². The fraction of sp³-hybridized carbons (Fsp3) is 0.941. The van der Waals surface area contributed by atoms with E-state index in [0.29, 0.717) is 6.04 Å². The molecule has 3 aliphatic rings. The molecule has 3 heterocycles. The Morgan fingerprint density at radius 1 is 1.23 bits per heavy atom. The van der Waals surface area contributed by atoms with Gasteiger partial charge >= 0.3 is 0 Å². The second-order valence-corrected chi connectivity index (χ2v) is 7.13. The Morgan fingerprint density at radius 3 is 2.91 bits per heavy atom. The minimum absolute atomic E-state index is 0.269. The molecule has 3 aliphatic heterocycles. The highest BCUT2D eigenvalue weighted by atomic mass is 16.5. The number of nitrogens with one attached hydrogen (secondary N) is 1. The van der Waals surface area contributed by atoms with Crippen molar-refractivity contribution in [3.63, 3.8) is 0 Å². The van der Waals surface area contributed by atoms with E-state index in [1.54, 1.807) is 0 Å². The van der Waals surface area contributed by atoms with Gasteiger partial charge in [-0.05, 0) is 45.1 Å². The minimum atomic E-state index is 0.269. The molecule has 5 nitrogen and oxygen atoms in total. The normalized spacial score (nSPS) is 33.8. The molecule has 0 amide bonds. The molecule has 3 unspecified atom stereocenters. The molecule has 0 saturated carbocycles. The highest BCUT2D eigenvalue weighted by Gasteiger charge is 2.32. The Balaban J connectivity index is 1.55. The van der Waals surface area contributed by atoms with Gasteiger partial charge in [0.25, 0.3) is 0 Å². The van der Waals surface area contributed by atoms with Crippen LogP contribution in [0, 0.1) is 5.92 Å². The Kier molecular flexibility index (Phi) is 5.58. The zero-order valence-corrected chi connectivity index (χ0v) is 14.3. The summed E-state index contributed by atoms with van der Waals surface area (Å²) in [6.07, 6.45) is 5.53. The van der Waals surface area contributed by atoms with Crippen LogP contribution in [0.4, 0.5) is 0 Å². The zero-order valence-electron chi connectivity index (χ0n) is 14.3. The van der Waals surface area contributed by atoms with E-state index in [1.807, 2.05) is 0 Å².